The lowest BCUT2D eigenvalue weighted by atomic mass is 10.1. The number of amides is 2. The minimum Gasteiger partial charge on any atom is -0.494 e. The van der Waals surface area contributed by atoms with Gasteiger partial charge in [-0.1, -0.05) is 13.0 Å². The van der Waals surface area contributed by atoms with Crippen molar-refractivity contribution in [2.75, 3.05) is 26.8 Å². The van der Waals surface area contributed by atoms with Crippen molar-refractivity contribution in [3.05, 3.63) is 29.6 Å². The van der Waals surface area contributed by atoms with Crippen LogP contribution in [0.2, 0.25) is 0 Å². The Bertz CT molecular complexity index is 592. The number of rotatable bonds is 9. The first-order chi connectivity index (χ1) is 11.5. The molecule has 0 spiro atoms. The largest absolute Gasteiger partial charge is 0.494 e. The van der Waals surface area contributed by atoms with Gasteiger partial charge in [0.1, 0.15) is 0 Å². The van der Waals surface area contributed by atoms with Gasteiger partial charge in [0, 0.05) is 6.54 Å². The quantitative estimate of drug-likeness (QED) is 0.641. The van der Waals surface area contributed by atoms with Crippen molar-refractivity contribution in [1.82, 2.24) is 10.6 Å². The molecule has 0 aliphatic heterocycles. The molecule has 0 heterocycles. The molecule has 1 aromatic carbocycles. The molecule has 0 fully saturated rings. The topological polar surface area (TPSA) is 93.7 Å². The average molecular weight is 340 g/mol. The van der Waals surface area contributed by atoms with Crippen LogP contribution < -0.4 is 15.4 Å². The first kappa shape index (κ1) is 19.4. The van der Waals surface area contributed by atoms with Gasteiger partial charge in [-0.2, -0.15) is 0 Å². The van der Waals surface area contributed by atoms with Crippen LogP contribution in [0.5, 0.6) is 5.75 Å². The molecule has 24 heavy (non-hydrogen) atoms. The zero-order valence-corrected chi connectivity index (χ0v) is 13.7. The SMILES string of the molecule is CCCNC(=O)CNC(=O)COC(=O)Cc1ccc(OC)c(F)c1. The Hall–Kier alpha value is -2.64. The lowest BCUT2D eigenvalue weighted by Crippen LogP contribution is -2.39. The lowest BCUT2D eigenvalue weighted by molar-refractivity contribution is -0.147. The van der Waals surface area contributed by atoms with Crippen LogP contribution >= 0.6 is 0 Å². The van der Waals surface area contributed by atoms with Gasteiger partial charge in [-0.15, -0.1) is 0 Å². The summed E-state index contributed by atoms with van der Waals surface area (Å²) in [5.74, 6) is -2.09. The number of ether oxygens (including phenoxy) is 2. The van der Waals surface area contributed by atoms with Crippen LogP contribution in [-0.2, 0) is 25.5 Å². The van der Waals surface area contributed by atoms with E-state index in [-0.39, 0.29) is 24.6 Å². The number of halogens is 1. The molecule has 2 N–H and O–H groups in total. The molecule has 0 unspecified atom stereocenters. The van der Waals surface area contributed by atoms with E-state index in [1.807, 2.05) is 6.92 Å². The van der Waals surface area contributed by atoms with Crippen LogP contribution in [0.15, 0.2) is 18.2 Å². The van der Waals surface area contributed by atoms with Crippen LogP contribution in [0.1, 0.15) is 18.9 Å². The first-order valence-corrected chi connectivity index (χ1v) is 7.47. The van der Waals surface area contributed by atoms with Crippen molar-refractivity contribution in [3.63, 3.8) is 0 Å². The zero-order chi connectivity index (χ0) is 17.9. The number of hydrogen-bond acceptors (Lipinski definition) is 5. The van der Waals surface area contributed by atoms with Crippen LogP contribution in [0.25, 0.3) is 0 Å². The summed E-state index contributed by atoms with van der Waals surface area (Å²) in [6.45, 7) is 1.76. The van der Waals surface area contributed by atoms with Crippen molar-refractivity contribution >= 4 is 17.8 Å². The third-order valence-electron chi connectivity index (χ3n) is 2.95. The van der Waals surface area contributed by atoms with E-state index in [0.717, 1.165) is 12.5 Å². The molecule has 2 amide bonds. The molecule has 0 aliphatic carbocycles. The monoisotopic (exact) mass is 340 g/mol. The standard InChI is InChI=1S/C16H21FN2O5/c1-3-6-18-14(20)9-19-15(21)10-24-16(22)8-11-4-5-13(23-2)12(17)7-11/h4-5,7H,3,6,8-10H2,1-2H3,(H,18,20)(H,19,21). The molecule has 0 aliphatic rings. The number of methoxy groups -OCH3 is 1. The average Bonchev–Trinajstić information content (AvgIpc) is 2.56. The van der Waals surface area contributed by atoms with Crippen molar-refractivity contribution in [3.8, 4) is 5.75 Å². The van der Waals surface area contributed by atoms with E-state index in [0.29, 0.717) is 12.1 Å². The second kappa shape index (κ2) is 10.2. The maximum absolute atomic E-state index is 13.5. The minimum atomic E-state index is -0.676. The maximum atomic E-state index is 13.5. The van der Waals surface area contributed by atoms with Crippen LogP contribution in [0, 0.1) is 5.82 Å². The molecule has 7 nitrogen and oxygen atoms in total. The fourth-order valence-electron chi connectivity index (χ4n) is 1.74. The second-order valence-electron chi connectivity index (χ2n) is 4.93. The summed E-state index contributed by atoms with van der Waals surface area (Å²) in [5, 5.41) is 4.92. The lowest BCUT2D eigenvalue weighted by Gasteiger charge is -2.08. The Morgan fingerprint density at radius 3 is 2.54 bits per heavy atom. The van der Waals surface area contributed by atoms with Crippen molar-refractivity contribution in [1.29, 1.82) is 0 Å². The van der Waals surface area contributed by atoms with Crippen LogP contribution in [0.3, 0.4) is 0 Å². The highest BCUT2D eigenvalue weighted by Crippen LogP contribution is 2.18. The second-order valence-corrected chi connectivity index (χ2v) is 4.93. The van der Waals surface area contributed by atoms with Gasteiger partial charge in [-0.25, -0.2) is 4.39 Å². The van der Waals surface area contributed by atoms with E-state index >= 15 is 0 Å². The first-order valence-electron chi connectivity index (χ1n) is 7.47. The zero-order valence-electron chi connectivity index (χ0n) is 13.7. The Morgan fingerprint density at radius 1 is 1.17 bits per heavy atom. The minimum absolute atomic E-state index is 0.0767. The Kier molecular flexibility index (Phi) is 8.24. The summed E-state index contributed by atoms with van der Waals surface area (Å²) in [4.78, 5) is 34.4. The summed E-state index contributed by atoms with van der Waals surface area (Å²) >= 11 is 0. The number of hydrogen-bond donors (Lipinski definition) is 2. The number of benzene rings is 1. The molecular formula is C16H21FN2O5. The van der Waals surface area contributed by atoms with Gasteiger partial charge in [0.2, 0.25) is 5.91 Å². The molecule has 0 aromatic heterocycles. The highest BCUT2D eigenvalue weighted by Gasteiger charge is 2.11. The molecule has 1 rings (SSSR count). The van der Waals surface area contributed by atoms with Crippen LogP contribution in [-0.4, -0.2) is 44.6 Å². The van der Waals surface area contributed by atoms with Gasteiger partial charge in [0.15, 0.2) is 18.2 Å². The smallest absolute Gasteiger partial charge is 0.310 e. The summed E-state index contributed by atoms with van der Waals surface area (Å²) in [6, 6.07) is 4.10. The van der Waals surface area contributed by atoms with Gasteiger partial charge in [-0.05, 0) is 24.1 Å². The summed E-state index contributed by atoms with van der Waals surface area (Å²) in [5.41, 5.74) is 0.401. The van der Waals surface area contributed by atoms with E-state index < -0.39 is 24.3 Å². The van der Waals surface area contributed by atoms with Gasteiger partial charge in [0.25, 0.3) is 5.91 Å². The predicted octanol–water partition coefficient (Wildman–Crippen LogP) is 0.562. The fourth-order valence-corrected chi connectivity index (χ4v) is 1.74. The van der Waals surface area contributed by atoms with Crippen molar-refractivity contribution < 1.29 is 28.2 Å². The van der Waals surface area contributed by atoms with E-state index in [2.05, 4.69) is 10.6 Å². The van der Waals surface area contributed by atoms with Crippen molar-refractivity contribution in [2.45, 2.75) is 19.8 Å². The number of esters is 1. The molecular weight excluding hydrogens is 319 g/mol. The third-order valence-corrected chi connectivity index (χ3v) is 2.95. The van der Waals surface area contributed by atoms with Gasteiger partial charge < -0.3 is 20.1 Å². The summed E-state index contributed by atoms with van der Waals surface area (Å²) in [6.07, 6.45) is 0.619. The van der Waals surface area contributed by atoms with E-state index in [4.69, 9.17) is 9.47 Å². The van der Waals surface area contributed by atoms with Gasteiger partial charge >= 0.3 is 5.97 Å². The molecule has 0 saturated heterocycles. The van der Waals surface area contributed by atoms with Crippen LogP contribution in [0.4, 0.5) is 4.39 Å². The Morgan fingerprint density at radius 2 is 1.92 bits per heavy atom. The van der Waals surface area contributed by atoms with Crippen molar-refractivity contribution in [2.24, 2.45) is 0 Å². The highest BCUT2D eigenvalue weighted by atomic mass is 19.1. The molecule has 1 aromatic rings. The number of nitrogens with one attached hydrogen (secondary N) is 2. The third kappa shape index (κ3) is 7.08. The molecule has 0 bridgehead atoms. The molecule has 0 saturated carbocycles. The van der Waals surface area contributed by atoms with E-state index in [1.165, 1.54) is 19.2 Å². The highest BCUT2D eigenvalue weighted by molar-refractivity contribution is 5.86. The number of carbonyl (C=O) groups is 3. The van der Waals surface area contributed by atoms with Gasteiger partial charge in [-0.3, -0.25) is 14.4 Å². The predicted molar refractivity (Wildman–Crippen MR) is 83.9 cm³/mol. The summed E-state index contributed by atoms with van der Waals surface area (Å²) < 4.78 is 23.1. The molecule has 0 atom stereocenters. The molecule has 0 radical (unpaired) electrons. The maximum Gasteiger partial charge on any atom is 0.310 e. The Labute approximate surface area is 139 Å². The van der Waals surface area contributed by atoms with E-state index in [1.54, 1.807) is 0 Å². The number of carbonyl (C=O) groups excluding carboxylic acids is 3. The Balaban J connectivity index is 2.31. The molecule has 8 heteroatoms. The molecule has 132 valence electrons. The van der Waals surface area contributed by atoms with Gasteiger partial charge in [0.05, 0.1) is 20.1 Å². The summed E-state index contributed by atoms with van der Waals surface area (Å²) in [7, 11) is 1.34. The fraction of sp³-hybridized carbons (Fsp3) is 0.438. The normalized spacial score (nSPS) is 9.96. The van der Waals surface area contributed by atoms with E-state index in [9.17, 15) is 18.8 Å².